The third-order valence-corrected chi connectivity index (χ3v) is 4.56. The molecule has 1 unspecified atom stereocenters. The number of nitrogens with zero attached hydrogens (tertiary/aromatic N) is 2. The normalized spacial score (nSPS) is 17.2. The maximum absolute atomic E-state index is 13.0. The van der Waals surface area contributed by atoms with Crippen LogP contribution >= 0.6 is 0 Å². The second kappa shape index (κ2) is 7.17. The number of rotatable bonds is 4. The molecule has 0 spiro atoms. The van der Waals surface area contributed by atoms with Crippen molar-refractivity contribution >= 4 is 5.82 Å². The van der Waals surface area contributed by atoms with Gasteiger partial charge in [-0.2, -0.15) is 5.10 Å². The van der Waals surface area contributed by atoms with E-state index in [4.69, 9.17) is 15.6 Å². The molecule has 2 heterocycles. The summed E-state index contributed by atoms with van der Waals surface area (Å²) in [6, 6.07) is 15.8. The van der Waals surface area contributed by atoms with Crippen LogP contribution in [-0.4, -0.2) is 22.9 Å². The number of nitrogens with one attached hydrogen (secondary N) is 1. The first kappa shape index (κ1) is 16.6. The van der Waals surface area contributed by atoms with Crippen LogP contribution in [0.25, 0.3) is 11.3 Å². The zero-order chi connectivity index (χ0) is 17.9. The fraction of sp³-hybridized carbons (Fsp3) is 0.250. The molecule has 3 aromatic rings. The summed E-state index contributed by atoms with van der Waals surface area (Å²) < 4.78 is 20.7. The lowest BCUT2D eigenvalue weighted by Gasteiger charge is -2.23. The highest BCUT2D eigenvalue weighted by molar-refractivity contribution is 5.64. The van der Waals surface area contributed by atoms with Crippen LogP contribution in [0.4, 0.5) is 10.2 Å². The molecular formula is C20H21FN4O. The van der Waals surface area contributed by atoms with Gasteiger partial charge >= 0.3 is 0 Å². The highest BCUT2D eigenvalue weighted by Crippen LogP contribution is 2.29. The molecule has 0 saturated carbocycles. The van der Waals surface area contributed by atoms with Gasteiger partial charge in [0.2, 0.25) is 0 Å². The van der Waals surface area contributed by atoms with Gasteiger partial charge in [0.25, 0.3) is 0 Å². The number of aromatic nitrogens is 2. The van der Waals surface area contributed by atoms with E-state index in [1.807, 2.05) is 35.0 Å². The predicted octanol–water partition coefficient (Wildman–Crippen LogP) is 3.99. The van der Waals surface area contributed by atoms with Gasteiger partial charge in [-0.3, -0.25) is 0 Å². The first-order valence-electron chi connectivity index (χ1n) is 8.79. The first-order valence-corrected chi connectivity index (χ1v) is 8.79. The molecule has 1 atom stereocenters. The summed E-state index contributed by atoms with van der Waals surface area (Å²) in [5, 5.41) is 8.10. The van der Waals surface area contributed by atoms with E-state index in [1.54, 1.807) is 12.1 Å². The van der Waals surface area contributed by atoms with Crippen LogP contribution in [0.2, 0.25) is 0 Å². The Labute approximate surface area is 151 Å². The van der Waals surface area contributed by atoms with Crippen LogP contribution in [0.5, 0.6) is 11.5 Å². The van der Waals surface area contributed by atoms with E-state index >= 15 is 0 Å². The van der Waals surface area contributed by atoms with E-state index < -0.39 is 0 Å². The Hall–Kier alpha value is -2.86. The summed E-state index contributed by atoms with van der Waals surface area (Å²) in [4.78, 5) is 0. The summed E-state index contributed by atoms with van der Waals surface area (Å²) in [6.45, 7) is 1.94. The SMILES string of the molecule is Nc1cc(-c2cccc(Oc3ccc(F)cc3)c2)nn1C1CCCNC1. The summed E-state index contributed by atoms with van der Waals surface area (Å²) in [6.07, 6.45) is 2.20. The molecule has 1 saturated heterocycles. The van der Waals surface area contributed by atoms with E-state index in [-0.39, 0.29) is 11.9 Å². The summed E-state index contributed by atoms with van der Waals surface area (Å²) in [5.41, 5.74) is 7.94. The van der Waals surface area contributed by atoms with E-state index in [1.165, 1.54) is 12.1 Å². The van der Waals surface area contributed by atoms with Crippen molar-refractivity contribution in [3.63, 3.8) is 0 Å². The molecular weight excluding hydrogens is 331 g/mol. The van der Waals surface area contributed by atoms with Crippen molar-refractivity contribution in [3.05, 3.63) is 60.4 Å². The van der Waals surface area contributed by atoms with Crippen LogP contribution in [0, 0.1) is 5.82 Å². The first-order chi connectivity index (χ1) is 12.7. The molecule has 1 fully saturated rings. The average molecular weight is 352 g/mol. The van der Waals surface area contributed by atoms with Crippen LogP contribution in [-0.2, 0) is 0 Å². The van der Waals surface area contributed by atoms with Crippen LogP contribution < -0.4 is 15.8 Å². The van der Waals surface area contributed by atoms with Gasteiger partial charge < -0.3 is 15.8 Å². The second-order valence-corrected chi connectivity index (χ2v) is 6.48. The quantitative estimate of drug-likeness (QED) is 0.745. The van der Waals surface area contributed by atoms with Gasteiger partial charge in [0.1, 0.15) is 23.1 Å². The van der Waals surface area contributed by atoms with Crippen molar-refractivity contribution in [2.45, 2.75) is 18.9 Å². The molecule has 26 heavy (non-hydrogen) atoms. The van der Waals surface area contributed by atoms with E-state index in [2.05, 4.69) is 5.32 Å². The van der Waals surface area contributed by atoms with Gasteiger partial charge in [-0.15, -0.1) is 0 Å². The summed E-state index contributed by atoms with van der Waals surface area (Å²) in [5.74, 6) is 1.63. The van der Waals surface area contributed by atoms with Crippen molar-refractivity contribution < 1.29 is 9.13 Å². The maximum atomic E-state index is 13.0. The monoisotopic (exact) mass is 352 g/mol. The van der Waals surface area contributed by atoms with Crippen molar-refractivity contribution in [1.82, 2.24) is 15.1 Å². The number of hydrogen-bond acceptors (Lipinski definition) is 4. The van der Waals surface area contributed by atoms with Gasteiger partial charge in [-0.05, 0) is 55.8 Å². The van der Waals surface area contributed by atoms with Gasteiger partial charge in [-0.25, -0.2) is 9.07 Å². The van der Waals surface area contributed by atoms with E-state index in [0.29, 0.717) is 17.3 Å². The topological polar surface area (TPSA) is 65.1 Å². The zero-order valence-electron chi connectivity index (χ0n) is 14.4. The zero-order valence-corrected chi connectivity index (χ0v) is 14.4. The number of hydrogen-bond donors (Lipinski definition) is 2. The molecule has 0 aliphatic carbocycles. The lowest BCUT2D eigenvalue weighted by atomic mass is 10.1. The fourth-order valence-corrected chi connectivity index (χ4v) is 3.24. The smallest absolute Gasteiger partial charge is 0.128 e. The van der Waals surface area contributed by atoms with Crippen molar-refractivity contribution in [2.75, 3.05) is 18.8 Å². The van der Waals surface area contributed by atoms with Crippen LogP contribution in [0.1, 0.15) is 18.9 Å². The molecule has 134 valence electrons. The molecule has 5 nitrogen and oxygen atoms in total. The Balaban J connectivity index is 1.57. The molecule has 3 N–H and O–H groups in total. The number of nitrogens with two attached hydrogens (primary N) is 1. The maximum Gasteiger partial charge on any atom is 0.128 e. The van der Waals surface area contributed by atoms with Gasteiger partial charge in [0.15, 0.2) is 0 Å². The molecule has 2 aromatic carbocycles. The van der Waals surface area contributed by atoms with Crippen molar-refractivity contribution in [3.8, 4) is 22.8 Å². The third kappa shape index (κ3) is 3.55. The predicted molar refractivity (Wildman–Crippen MR) is 99.7 cm³/mol. The molecule has 6 heteroatoms. The summed E-state index contributed by atoms with van der Waals surface area (Å²) >= 11 is 0. The average Bonchev–Trinajstić information content (AvgIpc) is 3.06. The number of piperidine rings is 1. The second-order valence-electron chi connectivity index (χ2n) is 6.48. The number of ether oxygens (including phenoxy) is 1. The Morgan fingerprint density at radius 2 is 1.96 bits per heavy atom. The molecule has 0 radical (unpaired) electrons. The number of benzene rings is 2. The van der Waals surface area contributed by atoms with E-state index in [0.717, 1.165) is 37.2 Å². The molecule has 1 aliphatic rings. The highest BCUT2D eigenvalue weighted by atomic mass is 19.1. The highest BCUT2D eigenvalue weighted by Gasteiger charge is 2.19. The number of anilines is 1. The van der Waals surface area contributed by atoms with Gasteiger partial charge in [0.05, 0.1) is 11.7 Å². The number of halogens is 1. The van der Waals surface area contributed by atoms with Crippen molar-refractivity contribution in [1.29, 1.82) is 0 Å². The Morgan fingerprint density at radius 1 is 1.12 bits per heavy atom. The molecule has 0 amide bonds. The standard InChI is InChI=1S/C20H21FN4O/c21-15-6-8-17(9-7-15)26-18-5-1-3-14(11-18)19-12-20(22)25(24-19)16-4-2-10-23-13-16/h1,3,5-9,11-12,16,23H,2,4,10,13,22H2. The minimum absolute atomic E-state index is 0.288. The van der Waals surface area contributed by atoms with Crippen LogP contribution in [0.15, 0.2) is 54.6 Å². The van der Waals surface area contributed by atoms with Gasteiger partial charge in [0, 0.05) is 18.2 Å². The molecule has 4 rings (SSSR count). The Bertz CT molecular complexity index is 885. The number of nitrogen functional groups attached to an aromatic ring is 1. The summed E-state index contributed by atoms with van der Waals surface area (Å²) in [7, 11) is 0. The fourth-order valence-electron chi connectivity index (χ4n) is 3.24. The molecule has 0 bridgehead atoms. The van der Waals surface area contributed by atoms with E-state index in [9.17, 15) is 4.39 Å². The Kier molecular flexibility index (Phi) is 4.58. The molecule has 1 aliphatic heterocycles. The van der Waals surface area contributed by atoms with Crippen LogP contribution in [0.3, 0.4) is 0 Å². The minimum Gasteiger partial charge on any atom is -0.457 e. The molecule has 1 aromatic heterocycles. The lowest BCUT2D eigenvalue weighted by molar-refractivity contribution is 0.351. The minimum atomic E-state index is -0.288. The lowest BCUT2D eigenvalue weighted by Crippen LogP contribution is -2.32. The largest absolute Gasteiger partial charge is 0.457 e. The third-order valence-electron chi connectivity index (χ3n) is 4.56. The van der Waals surface area contributed by atoms with Gasteiger partial charge in [-0.1, -0.05) is 12.1 Å². The Morgan fingerprint density at radius 3 is 2.73 bits per heavy atom. The van der Waals surface area contributed by atoms with Crippen molar-refractivity contribution in [2.24, 2.45) is 0 Å².